The van der Waals surface area contributed by atoms with E-state index >= 15 is 0 Å². The van der Waals surface area contributed by atoms with Crippen molar-refractivity contribution in [1.29, 1.82) is 0 Å². The molecule has 1 aromatic heterocycles. The average molecular weight is 230 g/mol. The molecule has 1 aliphatic heterocycles. The van der Waals surface area contributed by atoms with Gasteiger partial charge in [-0.05, 0) is 24.1 Å². The maximum Gasteiger partial charge on any atom is 0.241 e. The molecule has 0 radical (unpaired) electrons. The predicted molar refractivity (Wildman–Crippen MR) is 66.5 cm³/mol. The Morgan fingerprint density at radius 1 is 1.24 bits per heavy atom. The second kappa shape index (κ2) is 3.65. The Morgan fingerprint density at radius 2 is 2.00 bits per heavy atom. The number of nitrogen functional groups attached to an aromatic ring is 2. The van der Waals surface area contributed by atoms with Gasteiger partial charge in [-0.15, -0.1) is 5.10 Å². The average Bonchev–Trinajstić information content (AvgIpc) is 2.70. The van der Waals surface area contributed by atoms with Crippen LogP contribution in [0.2, 0.25) is 0 Å². The largest absolute Gasteiger partial charge is 0.399 e. The number of benzene rings is 1. The highest BCUT2D eigenvalue weighted by atomic mass is 15.4. The van der Waals surface area contributed by atoms with Crippen molar-refractivity contribution in [3.05, 3.63) is 29.8 Å². The lowest BCUT2D eigenvalue weighted by atomic mass is 10.0. The fourth-order valence-electron chi connectivity index (χ4n) is 2.15. The Bertz CT molecular complexity index is 529. The highest BCUT2D eigenvalue weighted by molar-refractivity contribution is 5.42. The monoisotopic (exact) mass is 230 g/mol. The van der Waals surface area contributed by atoms with Crippen LogP contribution < -0.4 is 16.8 Å². The van der Waals surface area contributed by atoms with Crippen LogP contribution in [0, 0.1) is 0 Å². The molecule has 17 heavy (non-hydrogen) atoms. The molecule has 0 fully saturated rings. The summed E-state index contributed by atoms with van der Waals surface area (Å²) in [6, 6.07) is 8.02. The fourth-order valence-corrected chi connectivity index (χ4v) is 2.15. The zero-order valence-electron chi connectivity index (χ0n) is 9.30. The minimum Gasteiger partial charge on any atom is -0.399 e. The molecular weight excluding hydrogens is 216 g/mol. The second-order valence-electron chi connectivity index (χ2n) is 4.14. The van der Waals surface area contributed by atoms with Gasteiger partial charge in [0, 0.05) is 12.2 Å². The number of nitrogens with two attached hydrogens (primary N) is 2. The molecule has 1 aromatic carbocycles. The maximum atomic E-state index is 5.69. The SMILES string of the molecule is Nc1ccc(C2CCNc3nc(N)nn32)cc1. The summed E-state index contributed by atoms with van der Waals surface area (Å²) in [6.07, 6.45) is 0.958. The smallest absolute Gasteiger partial charge is 0.241 e. The molecule has 0 saturated heterocycles. The van der Waals surface area contributed by atoms with E-state index < -0.39 is 0 Å². The number of fused-ring (bicyclic) bond motifs is 1. The Balaban J connectivity index is 2.02. The van der Waals surface area contributed by atoms with Crippen LogP contribution in [0.1, 0.15) is 18.0 Å². The molecule has 0 spiro atoms. The second-order valence-corrected chi connectivity index (χ2v) is 4.14. The van der Waals surface area contributed by atoms with Crippen LogP contribution in [-0.4, -0.2) is 21.3 Å². The van der Waals surface area contributed by atoms with Crippen molar-refractivity contribution in [3.8, 4) is 0 Å². The van der Waals surface area contributed by atoms with Gasteiger partial charge in [-0.1, -0.05) is 12.1 Å². The van der Waals surface area contributed by atoms with Crippen molar-refractivity contribution in [3.63, 3.8) is 0 Å². The summed E-state index contributed by atoms with van der Waals surface area (Å²) in [6.45, 7) is 0.868. The lowest BCUT2D eigenvalue weighted by Gasteiger charge is -2.24. The zero-order chi connectivity index (χ0) is 11.8. The molecule has 6 heteroatoms. The third-order valence-corrected chi connectivity index (χ3v) is 2.96. The standard InChI is InChI=1S/C11H14N6/c12-8-3-1-7(2-4-8)9-5-6-14-11-15-10(13)16-17(9)11/h1-4,9H,5-6,12H2,(H3,13,14,15,16). The molecule has 1 atom stereocenters. The van der Waals surface area contributed by atoms with Crippen molar-refractivity contribution in [1.82, 2.24) is 14.8 Å². The molecule has 1 aliphatic rings. The van der Waals surface area contributed by atoms with Crippen LogP contribution in [0.4, 0.5) is 17.6 Å². The number of hydrogen-bond acceptors (Lipinski definition) is 5. The van der Waals surface area contributed by atoms with Crippen molar-refractivity contribution in [2.45, 2.75) is 12.5 Å². The molecule has 3 rings (SSSR count). The number of aromatic nitrogens is 3. The van der Waals surface area contributed by atoms with Crippen LogP contribution >= 0.6 is 0 Å². The van der Waals surface area contributed by atoms with Gasteiger partial charge >= 0.3 is 0 Å². The molecule has 1 unspecified atom stereocenters. The summed E-state index contributed by atoms with van der Waals surface area (Å²) in [4.78, 5) is 4.14. The molecule has 0 bridgehead atoms. The summed E-state index contributed by atoms with van der Waals surface area (Å²) in [5, 5.41) is 7.40. The van der Waals surface area contributed by atoms with Crippen LogP contribution in [0.25, 0.3) is 0 Å². The van der Waals surface area contributed by atoms with E-state index in [2.05, 4.69) is 15.4 Å². The van der Waals surface area contributed by atoms with E-state index in [1.54, 1.807) is 0 Å². The molecule has 88 valence electrons. The first-order valence-corrected chi connectivity index (χ1v) is 5.55. The van der Waals surface area contributed by atoms with E-state index in [0.717, 1.165) is 24.6 Å². The van der Waals surface area contributed by atoms with Crippen LogP contribution in [0.15, 0.2) is 24.3 Å². The first-order chi connectivity index (χ1) is 8.24. The van der Waals surface area contributed by atoms with E-state index in [1.165, 1.54) is 5.56 Å². The minimum atomic E-state index is 0.177. The van der Waals surface area contributed by atoms with Crippen LogP contribution in [0.3, 0.4) is 0 Å². The third kappa shape index (κ3) is 1.67. The summed E-state index contributed by atoms with van der Waals surface area (Å²) < 4.78 is 1.84. The number of hydrogen-bond donors (Lipinski definition) is 3. The topological polar surface area (TPSA) is 94.8 Å². The molecule has 0 saturated carbocycles. The third-order valence-electron chi connectivity index (χ3n) is 2.96. The molecule has 0 amide bonds. The van der Waals surface area contributed by atoms with Gasteiger partial charge < -0.3 is 16.8 Å². The Morgan fingerprint density at radius 3 is 2.76 bits per heavy atom. The van der Waals surface area contributed by atoms with Gasteiger partial charge in [-0.2, -0.15) is 4.98 Å². The van der Waals surface area contributed by atoms with Crippen LogP contribution in [0.5, 0.6) is 0 Å². The lowest BCUT2D eigenvalue weighted by Crippen LogP contribution is -2.24. The molecule has 5 N–H and O–H groups in total. The summed E-state index contributed by atoms with van der Waals surface area (Å²) >= 11 is 0. The van der Waals surface area contributed by atoms with Gasteiger partial charge in [-0.25, -0.2) is 4.68 Å². The van der Waals surface area contributed by atoms with Gasteiger partial charge in [0.15, 0.2) is 0 Å². The highest BCUT2D eigenvalue weighted by Gasteiger charge is 2.23. The van der Waals surface area contributed by atoms with Gasteiger partial charge in [-0.3, -0.25) is 0 Å². The first-order valence-electron chi connectivity index (χ1n) is 5.55. The van der Waals surface area contributed by atoms with Gasteiger partial charge in [0.2, 0.25) is 11.9 Å². The fraction of sp³-hybridized carbons (Fsp3) is 0.273. The molecule has 6 nitrogen and oxygen atoms in total. The van der Waals surface area contributed by atoms with Gasteiger partial charge in [0.25, 0.3) is 0 Å². The van der Waals surface area contributed by atoms with Crippen LogP contribution in [-0.2, 0) is 0 Å². The van der Waals surface area contributed by atoms with Crippen molar-refractivity contribution in [2.75, 3.05) is 23.3 Å². The number of nitrogens with one attached hydrogen (secondary N) is 1. The molecular formula is C11H14N6. The number of rotatable bonds is 1. The van der Waals surface area contributed by atoms with Gasteiger partial charge in [0.1, 0.15) is 0 Å². The Labute approximate surface area is 98.6 Å². The minimum absolute atomic E-state index is 0.177. The lowest BCUT2D eigenvalue weighted by molar-refractivity contribution is 0.481. The Hall–Kier alpha value is -2.24. The zero-order valence-corrected chi connectivity index (χ0v) is 9.30. The summed E-state index contributed by atoms with van der Waals surface area (Å²) in [7, 11) is 0. The van der Waals surface area contributed by atoms with E-state index in [4.69, 9.17) is 11.5 Å². The normalized spacial score (nSPS) is 18.5. The van der Waals surface area contributed by atoms with E-state index in [9.17, 15) is 0 Å². The quantitative estimate of drug-likeness (QED) is 0.631. The number of anilines is 3. The van der Waals surface area contributed by atoms with E-state index in [0.29, 0.717) is 5.95 Å². The molecule has 0 aliphatic carbocycles. The van der Waals surface area contributed by atoms with Crippen molar-refractivity contribution in [2.24, 2.45) is 0 Å². The van der Waals surface area contributed by atoms with Crippen molar-refractivity contribution >= 4 is 17.6 Å². The Kier molecular flexibility index (Phi) is 2.14. The summed E-state index contributed by atoms with van der Waals surface area (Å²) in [5.74, 6) is 1.03. The highest BCUT2D eigenvalue weighted by Crippen LogP contribution is 2.28. The van der Waals surface area contributed by atoms with Crippen molar-refractivity contribution < 1.29 is 0 Å². The van der Waals surface area contributed by atoms with Gasteiger partial charge in [0.05, 0.1) is 6.04 Å². The predicted octanol–water partition coefficient (Wildman–Crippen LogP) is 0.847. The maximum absolute atomic E-state index is 5.69. The molecule has 2 heterocycles. The van der Waals surface area contributed by atoms with E-state index in [-0.39, 0.29) is 6.04 Å². The van der Waals surface area contributed by atoms with E-state index in [1.807, 2.05) is 28.9 Å². The number of nitrogens with zero attached hydrogens (tertiary/aromatic N) is 3. The summed E-state index contributed by atoms with van der Waals surface area (Å²) in [5.41, 5.74) is 13.2. The molecule has 2 aromatic rings. The first kappa shape index (κ1) is 9.95.